The van der Waals surface area contributed by atoms with Crippen molar-refractivity contribution in [1.29, 1.82) is 0 Å². The molecule has 0 bridgehead atoms. The van der Waals surface area contributed by atoms with E-state index >= 15 is 0 Å². The minimum absolute atomic E-state index is 0.416. The first kappa shape index (κ1) is 10.8. The van der Waals surface area contributed by atoms with E-state index in [-0.39, 0.29) is 0 Å². The number of aromatic nitrogens is 2. The third-order valence-corrected chi connectivity index (χ3v) is 3.54. The molecular formula is C10H15BrN4. The third-order valence-electron chi connectivity index (χ3n) is 2.90. The molecule has 0 saturated carbocycles. The molecule has 0 radical (unpaired) electrons. The Morgan fingerprint density at radius 3 is 3.07 bits per heavy atom. The van der Waals surface area contributed by atoms with Crippen LogP contribution in [0.4, 0.5) is 5.82 Å². The highest BCUT2D eigenvalue weighted by atomic mass is 79.9. The summed E-state index contributed by atoms with van der Waals surface area (Å²) in [5.74, 6) is 0.458. The zero-order valence-corrected chi connectivity index (χ0v) is 10.4. The smallest absolute Gasteiger partial charge is 0.160 e. The summed E-state index contributed by atoms with van der Waals surface area (Å²) in [6.45, 7) is 4.40. The lowest BCUT2D eigenvalue weighted by Gasteiger charge is -2.21. The summed E-state index contributed by atoms with van der Waals surface area (Å²) in [6.07, 6.45) is 2.40. The number of rotatable bonds is 2. The van der Waals surface area contributed by atoms with E-state index in [9.17, 15) is 0 Å². The quantitative estimate of drug-likeness (QED) is 0.893. The van der Waals surface area contributed by atoms with Gasteiger partial charge in [0.25, 0.3) is 0 Å². The molecule has 0 amide bonds. The summed E-state index contributed by atoms with van der Waals surface area (Å²) in [6, 6.07) is 2.40. The average Bonchev–Trinajstić information content (AvgIpc) is 2.70. The van der Waals surface area contributed by atoms with Gasteiger partial charge in [-0.3, -0.25) is 4.90 Å². The molecule has 0 spiro atoms. The molecule has 2 rings (SSSR count). The standard InChI is InChI=1S/C10H15BrN4/c1-2-15-5-3-4-9(15)8-6-7(11)10(12)14-13-8/h6,9H,2-5H2,1H3,(H2,12,14). The van der Waals surface area contributed by atoms with Crippen molar-refractivity contribution in [3.63, 3.8) is 0 Å². The second kappa shape index (κ2) is 4.45. The van der Waals surface area contributed by atoms with Crippen LogP contribution in [0.5, 0.6) is 0 Å². The highest BCUT2D eigenvalue weighted by Crippen LogP contribution is 2.31. The molecule has 1 aromatic heterocycles. The summed E-state index contributed by atoms with van der Waals surface area (Å²) in [5, 5.41) is 8.12. The van der Waals surface area contributed by atoms with Crippen molar-refractivity contribution in [2.75, 3.05) is 18.8 Å². The van der Waals surface area contributed by atoms with E-state index in [0.717, 1.165) is 23.3 Å². The van der Waals surface area contributed by atoms with Crippen LogP contribution in [0.2, 0.25) is 0 Å². The van der Waals surface area contributed by atoms with Gasteiger partial charge in [0.2, 0.25) is 0 Å². The van der Waals surface area contributed by atoms with Crippen LogP contribution in [-0.2, 0) is 0 Å². The predicted molar refractivity (Wildman–Crippen MR) is 63.4 cm³/mol. The van der Waals surface area contributed by atoms with Gasteiger partial charge >= 0.3 is 0 Å². The van der Waals surface area contributed by atoms with E-state index in [0.29, 0.717) is 11.9 Å². The number of anilines is 1. The van der Waals surface area contributed by atoms with Crippen LogP contribution in [0.1, 0.15) is 31.5 Å². The normalized spacial score (nSPS) is 22.1. The molecule has 1 aliphatic rings. The van der Waals surface area contributed by atoms with Crippen LogP contribution < -0.4 is 5.73 Å². The lowest BCUT2D eigenvalue weighted by atomic mass is 10.1. The van der Waals surface area contributed by atoms with Crippen LogP contribution in [-0.4, -0.2) is 28.2 Å². The van der Waals surface area contributed by atoms with Gasteiger partial charge in [0.1, 0.15) is 0 Å². The van der Waals surface area contributed by atoms with Crippen LogP contribution in [0, 0.1) is 0 Å². The molecule has 0 aromatic carbocycles. The minimum Gasteiger partial charge on any atom is -0.381 e. The number of nitrogen functional groups attached to an aromatic ring is 1. The van der Waals surface area contributed by atoms with E-state index in [4.69, 9.17) is 5.73 Å². The summed E-state index contributed by atoms with van der Waals surface area (Å²) in [7, 11) is 0. The van der Waals surface area contributed by atoms with Gasteiger partial charge in [0.15, 0.2) is 5.82 Å². The lowest BCUT2D eigenvalue weighted by molar-refractivity contribution is 0.266. The molecule has 1 saturated heterocycles. The van der Waals surface area contributed by atoms with Crippen LogP contribution >= 0.6 is 15.9 Å². The average molecular weight is 271 g/mol. The van der Waals surface area contributed by atoms with Gasteiger partial charge in [0, 0.05) is 0 Å². The SMILES string of the molecule is CCN1CCCC1c1cc(Br)c(N)nn1. The van der Waals surface area contributed by atoms with E-state index in [1.54, 1.807) is 0 Å². The number of hydrogen-bond acceptors (Lipinski definition) is 4. The summed E-state index contributed by atoms with van der Waals surface area (Å²) in [5.41, 5.74) is 6.64. The molecule has 82 valence electrons. The Morgan fingerprint density at radius 1 is 1.60 bits per heavy atom. The maximum absolute atomic E-state index is 5.62. The van der Waals surface area contributed by atoms with Crippen molar-refractivity contribution in [2.24, 2.45) is 0 Å². The molecule has 2 N–H and O–H groups in total. The van der Waals surface area contributed by atoms with Crippen molar-refractivity contribution < 1.29 is 0 Å². The Hall–Kier alpha value is -0.680. The minimum atomic E-state index is 0.416. The topological polar surface area (TPSA) is 55.0 Å². The van der Waals surface area contributed by atoms with Gasteiger partial charge in [0.05, 0.1) is 16.2 Å². The van der Waals surface area contributed by atoms with Gasteiger partial charge in [-0.05, 0) is 47.9 Å². The summed E-state index contributed by atoms with van der Waals surface area (Å²) >= 11 is 3.39. The number of likely N-dealkylation sites (tertiary alicyclic amines) is 1. The highest BCUT2D eigenvalue weighted by Gasteiger charge is 2.26. The van der Waals surface area contributed by atoms with Gasteiger partial charge in [-0.1, -0.05) is 6.92 Å². The van der Waals surface area contributed by atoms with Crippen LogP contribution in [0.3, 0.4) is 0 Å². The molecule has 2 heterocycles. The largest absolute Gasteiger partial charge is 0.381 e. The molecule has 1 aromatic rings. The van der Waals surface area contributed by atoms with Crippen LogP contribution in [0.15, 0.2) is 10.5 Å². The maximum Gasteiger partial charge on any atom is 0.160 e. The van der Waals surface area contributed by atoms with Gasteiger partial charge in [-0.15, -0.1) is 5.10 Å². The molecule has 1 unspecified atom stereocenters. The van der Waals surface area contributed by atoms with Crippen molar-refractivity contribution in [3.8, 4) is 0 Å². The molecule has 5 heteroatoms. The monoisotopic (exact) mass is 270 g/mol. The first-order valence-electron chi connectivity index (χ1n) is 5.25. The number of hydrogen-bond donors (Lipinski definition) is 1. The molecule has 1 atom stereocenters. The third kappa shape index (κ3) is 2.13. The molecule has 1 fully saturated rings. The number of halogens is 1. The van der Waals surface area contributed by atoms with E-state index in [1.807, 2.05) is 6.07 Å². The Bertz CT molecular complexity index is 355. The van der Waals surface area contributed by atoms with Gasteiger partial charge in [-0.25, -0.2) is 0 Å². The second-order valence-electron chi connectivity index (χ2n) is 3.79. The predicted octanol–water partition coefficient (Wildman–Crippen LogP) is 1.98. The summed E-state index contributed by atoms with van der Waals surface area (Å²) in [4.78, 5) is 2.42. The van der Waals surface area contributed by atoms with Gasteiger partial charge < -0.3 is 5.73 Å². The molecule has 1 aliphatic heterocycles. The van der Waals surface area contributed by atoms with E-state index < -0.39 is 0 Å². The maximum atomic E-state index is 5.62. The fourth-order valence-corrected chi connectivity index (χ4v) is 2.41. The fraction of sp³-hybridized carbons (Fsp3) is 0.600. The van der Waals surface area contributed by atoms with Crippen molar-refractivity contribution in [1.82, 2.24) is 15.1 Å². The Morgan fingerprint density at radius 2 is 2.40 bits per heavy atom. The molecule has 4 nitrogen and oxygen atoms in total. The van der Waals surface area contributed by atoms with Crippen molar-refractivity contribution >= 4 is 21.7 Å². The first-order chi connectivity index (χ1) is 7.22. The summed E-state index contributed by atoms with van der Waals surface area (Å²) < 4.78 is 0.843. The van der Waals surface area contributed by atoms with E-state index in [2.05, 4.69) is 38.0 Å². The van der Waals surface area contributed by atoms with Gasteiger partial charge in [-0.2, -0.15) is 5.10 Å². The molecule has 15 heavy (non-hydrogen) atoms. The highest BCUT2D eigenvalue weighted by molar-refractivity contribution is 9.10. The zero-order chi connectivity index (χ0) is 10.8. The fourth-order valence-electron chi connectivity index (χ4n) is 2.09. The Kier molecular flexibility index (Phi) is 3.21. The number of nitrogens with zero attached hydrogens (tertiary/aromatic N) is 3. The number of nitrogens with two attached hydrogens (primary N) is 1. The lowest BCUT2D eigenvalue weighted by Crippen LogP contribution is -2.23. The van der Waals surface area contributed by atoms with E-state index in [1.165, 1.54) is 12.8 Å². The Balaban J connectivity index is 2.25. The van der Waals surface area contributed by atoms with Crippen LogP contribution in [0.25, 0.3) is 0 Å². The Labute approximate surface area is 98.0 Å². The molecular weight excluding hydrogens is 256 g/mol. The van der Waals surface area contributed by atoms with Crippen molar-refractivity contribution in [2.45, 2.75) is 25.8 Å². The second-order valence-corrected chi connectivity index (χ2v) is 4.64. The zero-order valence-electron chi connectivity index (χ0n) is 8.78. The van der Waals surface area contributed by atoms with Crippen molar-refractivity contribution in [3.05, 3.63) is 16.2 Å². The molecule has 0 aliphatic carbocycles. The first-order valence-corrected chi connectivity index (χ1v) is 6.04.